The van der Waals surface area contributed by atoms with Gasteiger partial charge in [-0.15, -0.1) is 0 Å². The van der Waals surface area contributed by atoms with Crippen molar-refractivity contribution < 1.29 is 17.9 Å². The molecule has 1 aromatic heterocycles. The first kappa shape index (κ1) is 22.5. The van der Waals surface area contributed by atoms with E-state index in [4.69, 9.17) is 33.1 Å². The zero-order valence-electron chi connectivity index (χ0n) is 16.8. The van der Waals surface area contributed by atoms with Crippen LogP contribution < -0.4 is 14.8 Å². The number of aromatic nitrogens is 2. The summed E-state index contributed by atoms with van der Waals surface area (Å²) in [5.74, 6) is 0.512. The van der Waals surface area contributed by atoms with Crippen LogP contribution in [0.4, 0.5) is 5.69 Å². The van der Waals surface area contributed by atoms with E-state index in [1.54, 1.807) is 42.3 Å². The molecule has 1 fully saturated rings. The van der Waals surface area contributed by atoms with Crippen molar-refractivity contribution in [2.45, 2.75) is 24.2 Å². The van der Waals surface area contributed by atoms with Gasteiger partial charge in [0.15, 0.2) is 0 Å². The van der Waals surface area contributed by atoms with Crippen LogP contribution in [-0.2, 0) is 14.8 Å². The minimum Gasteiger partial charge on any atom is -0.437 e. The smallest absolute Gasteiger partial charge is 0.238 e. The number of aryl methyl sites for hydroxylation is 1. The highest BCUT2D eigenvalue weighted by atomic mass is 35.5. The number of benzene rings is 2. The van der Waals surface area contributed by atoms with E-state index >= 15 is 0 Å². The number of carbonyl (C=O) groups excluding carboxylic acids is 1. The Morgan fingerprint density at radius 1 is 1.16 bits per heavy atom. The quantitative estimate of drug-likeness (QED) is 0.537. The lowest BCUT2D eigenvalue weighted by Crippen LogP contribution is -2.24. The van der Waals surface area contributed by atoms with E-state index in [0.29, 0.717) is 34.4 Å². The van der Waals surface area contributed by atoms with Gasteiger partial charge in [0.2, 0.25) is 27.1 Å². The van der Waals surface area contributed by atoms with Gasteiger partial charge in [-0.3, -0.25) is 4.79 Å². The number of amides is 1. The van der Waals surface area contributed by atoms with E-state index in [9.17, 15) is 13.2 Å². The van der Waals surface area contributed by atoms with Crippen LogP contribution in [0, 0.1) is 6.92 Å². The van der Waals surface area contributed by atoms with Crippen molar-refractivity contribution in [3.63, 3.8) is 0 Å². The predicted octanol–water partition coefficient (Wildman–Crippen LogP) is 4.05. The zero-order chi connectivity index (χ0) is 23.0. The number of halogens is 2. The van der Waals surface area contributed by atoms with E-state index in [2.05, 4.69) is 9.97 Å². The molecule has 1 aliphatic heterocycles. The predicted molar refractivity (Wildman–Crippen MR) is 121 cm³/mol. The number of hydrogen-bond acceptors (Lipinski definition) is 6. The molecule has 2 N–H and O–H groups in total. The van der Waals surface area contributed by atoms with Crippen LogP contribution in [0.1, 0.15) is 23.5 Å². The number of nitrogens with zero attached hydrogens (tertiary/aromatic N) is 3. The summed E-state index contributed by atoms with van der Waals surface area (Å²) in [5.41, 5.74) is 2.17. The Hall–Kier alpha value is -2.72. The van der Waals surface area contributed by atoms with Gasteiger partial charge in [-0.25, -0.2) is 18.5 Å². The Balaban J connectivity index is 1.56. The third-order valence-corrected chi connectivity index (χ3v) is 6.55. The average molecular weight is 493 g/mol. The van der Waals surface area contributed by atoms with Crippen LogP contribution in [0.15, 0.2) is 53.6 Å². The molecule has 2 heterocycles. The Morgan fingerprint density at radius 2 is 1.88 bits per heavy atom. The summed E-state index contributed by atoms with van der Waals surface area (Å²) < 4.78 is 28.8. The average Bonchev–Trinajstić information content (AvgIpc) is 3.13. The molecule has 1 aliphatic rings. The van der Waals surface area contributed by atoms with Gasteiger partial charge in [0.05, 0.1) is 9.92 Å². The lowest BCUT2D eigenvalue weighted by atomic mass is 9.98. The van der Waals surface area contributed by atoms with Gasteiger partial charge in [-0.05, 0) is 60.5 Å². The van der Waals surface area contributed by atoms with Gasteiger partial charge in [0, 0.05) is 36.3 Å². The van der Waals surface area contributed by atoms with Gasteiger partial charge in [-0.1, -0.05) is 17.7 Å². The molecule has 2 aromatic carbocycles. The normalized spacial score (nSPS) is 16.4. The fourth-order valence-corrected chi connectivity index (χ4v) is 4.26. The minimum absolute atomic E-state index is 0.0101. The van der Waals surface area contributed by atoms with E-state index in [0.717, 1.165) is 5.56 Å². The fourth-order valence-electron chi connectivity index (χ4n) is 3.46. The van der Waals surface area contributed by atoms with Gasteiger partial charge >= 0.3 is 0 Å². The summed E-state index contributed by atoms with van der Waals surface area (Å²) in [7, 11) is -3.80. The molecular formula is C21H18Cl2N4O4S. The summed E-state index contributed by atoms with van der Waals surface area (Å²) in [6.45, 7) is 2.21. The number of sulfonamides is 1. The van der Waals surface area contributed by atoms with Crippen LogP contribution in [0.3, 0.4) is 0 Å². The molecule has 8 nitrogen and oxygen atoms in total. The zero-order valence-corrected chi connectivity index (χ0v) is 19.2. The van der Waals surface area contributed by atoms with Crippen LogP contribution in [0.5, 0.6) is 11.6 Å². The van der Waals surface area contributed by atoms with Crippen LogP contribution in [0.25, 0.3) is 0 Å². The third-order valence-electron chi connectivity index (χ3n) is 5.13. The van der Waals surface area contributed by atoms with Gasteiger partial charge < -0.3 is 9.64 Å². The highest BCUT2D eigenvalue weighted by Gasteiger charge is 2.32. The first-order valence-electron chi connectivity index (χ1n) is 9.51. The topological polar surface area (TPSA) is 115 Å². The molecular weight excluding hydrogens is 475 g/mol. The Morgan fingerprint density at radius 3 is 2.56 bits per heavy atom. The number of rotatable bonds is 5. The molecule has 1 amide bonds. The van der Waals surface area contributed by atoms with Crippen molar-refractivity contribution in [1.29, 1.82) is 0 Å². The van der Waals surface area contributed by atoms with Crippen LogP contribution in [-0.4, -0.2) is 30.8 Å². The summed E-state index contributed by atoms with van der Waals surface area (Å²) in [6.07, 6.45) is 1.84. The molecule has 3 aromatic rings. The van der Waals surface area contributed by atoms with Crippen LogP contribution in [0.2, 0.25) is 10.3 Å². The first-order valence-corrected chi connectivity index (χ1v) is 11.8. The second-order valence-corrected chi connectivity index (χ2v) is 9.67. The van der Waals surface area contributed by atoms with Crippen molar-refractivity contribution in [3.05, 3.63) is 70.1 Å². The second-order valence-electron chi connectivity index (χ2n) is 7.36. The van der Waals surface area contributed by atoms with E-state index < -0.39 is 10.0 Å². The number of anilines is 1. The van der Waals surface area contributed by atoms with E-state index in [-0.39, 0.29) is 28.4 Å². The fraction of sp³-hybridized carbons (Fsp3) is 0.190. The number of primary sulfonamides is 1. The van der Waals surface area contributed by atoms with E-state index in [1.807, 2.05) is 6.07 Å². The van der Waals surface area contributed by atoms with Crippen LogP contribution >= 0.6 is 23.2 Å². The largest absolute Gasteiger partial charge is 0.437 e. The standard InChI is InChI=1S/C21H18Cl2N4O4S/c1-12-10-25-21(23)26-20(12)31-18-8-13(2-7-17(18)22)14-9-19(28)27(11-14)15-3-5-16(6-4-15)32(24,29)30/h2-8,10,14H,9,11H2,1H3,(H2,24,29,30)/t14-/m0/s1. The van der Waals surface area contributed by atoms with Gasteiger partial charge in [-0.2, -0.15) is 4.98 Å². The highest BCUT2D eigenvalue weighted by molar-refractivity contribution is 7.89. The number of nitrogens with two attached hydrogens (primary N) is 1. The maximum atomic E-state index is 12.7. The van der Waals surface area contributed by atoms with Gasteiger partial charge in [0.25, 0.3) is 0 Å². The molecule has 0 spiro atoms. The van der Waals surface area contributed by atoms with E-state index in [1.165, 1.54) is 12.1 Å². The maximum absolute atomic E-state index is 12.7. The summed E-state index contributed by atoms with van der Waals surface area (Å²) in [5, 5.41) is 5.59. The van der Waals surface area contributed by atoms with Crippen molar-refractivity contribution in [2.75, 3.05) is 11.4 Å². The molecule has 11 heteroatoms. The molecule has 0 aliphatic carbocycles. The lowest BCUT2D eigenvalue weighted by molar-refractivity contribution is -0.117. The molecule has 1 saturated heterocycles. The molecule has 166 valence electrons. The van der Waals surface area contributed by atoms with Crippen molar-refractivity contribution in [2.24, 2.45) is 5.14 Å². The van der Waals surface area contributed by atoms with Crippen molar-refractivity contribution in [3.8, 4) is 11.6 Å². The lowest BCUT2D eigenvalue weighted by Gasteiger charge is -2.18. The molecule has 0 unspecified atom stereocenters. The summed E-state index contributed by atoms with van der Waals surface area (Å²) >= 11 is 12.2. The van der Waals surface area contributed by atoms with Crippen molar-refractivity contribution >= 4 is 44.8 Å². The third kappa shape index (κ3) is 4.71. The monoisotopic (exact) mass is 492 g/mol. The number of ether oxygens (including phenoxy) is 1. The van der Waals surface area contributed by atoms with Gasteiger partial charge in [0.1, 0.15) is 5.75 Å². The molecule has 0 bridgehead atoms. The Kier molecular flexibility index (Phi) is 6.09. The Labute approximate surface area is 195 Å². The minimum atomic E-state index is -3.80. The molecule has 32 heavy (non-hydrogen) atoms. The maximum Gasteiger partial charge on any atom is 0.238 e. The highest BCUT2D eigenvalue weighted by Crippen LogP contribution is 2.37. The molecule has 4 rings (SSSR count). The first-order chi connectivity index (χ1) is 15.1. The molecule has 0 saturated carbocycles. The molecule has 1 atom stereocenters. The number of carbonyl (C=O) groups is 1. The Bertz CT molecular complexity index is 1300. The SMILES string of the molecule is Cc1cnc(Cl)nc1Oc1cc([C@H]2CC(=O)N(c3ccc(S(N)(=O)=O)cc3)C2)ccc1Cl. The second kappa shape index (κ2) is 8.67. The summed E-state index contributed by atoms with van der Waals surface area (Å²) in [6, 6.07) is 11.2. The van der Waals surface area contributed by atoms with Crippen molar-refractivity contribution in [1.82, 2.24) is 9.97 Å². The number of hydrogen-bond donors (Lipinski definition) is 1. The summed E-state index contributed by atoms with van der Waals surface area (Å²) in [4.78, 5) is 22.3. The molecule has 0 radical (unpaired) electrons.